The Morgan fingerprint density at radius 3 is 2.38 bits per heavy atom. The number of hydrogen-bond donors (Lipinski definition) is 1. The van der Waals surface area contributed by atoms with Gasteiger partial charge in [-0.2, -0.15) is 0 Å². The van der Waals surface area contributed by atoms with Crippen molar-refractivity contribution in [1.29, 1.82) is 0 Å². The molecule has 0 spiro atoms. The predicted molar refractivity (Wildman–Crippen MR) is 83.6 cm³/mol. The molecule has 3 rings (SSSR count). The van der Waals surface area contributed by atoms with Gasteiger partial charge in [-0.15, -0.1) is 0 Å². The van der Waals surface area contributed by atoms with Crippen LogP contribution in [0.15, 0.2) is 12.1 Å². The first kappa shape index (κ1) is 16.5. The summed E-state index contributed by atoms with van der Waals surface area (Å²) in [6.45, 7) is 2.40. The number of nitrogens with one attached hydrogen (secondary N) is 1. The Labute approximate surface area is 138 Å². The third kappa shape index (κ3) is 3.00. The molecular formula is C15H19N3O6. The maximum absolute atomic E-state index is 12.6. The first-order chi connectivity index (χ1) is 11.5. The van der Waals surface area contributed by atoms with Crippen LogP contribution in [-0.2, 0) is 4.74 Å². The van der Waals surface area contributed by atoms with Gasteiger partial charge in [-0.05, 0) is 0 Å². The van der Waals surface area contributed by atoms with Crippen LogP contribution in [0.1, 0.15) is 10.4 Å². The Bertz CT molecular complexity index is 655. The van der Waals surface area contributed by atoms with Crippen LogP contribution < -0.4 is 14.8 Å². The highest BCUT2D eigenvalue weighted by Gasteiger charge is 2.36. The summed E-state index contributed by atoms with van der Waals surface area (Å²) in [6, 6.07) is 3.11. The predicted octanol–water partition coefficient (Wildman–Crippen LogP) is 0.425. The Kier molecular flexibility index (Phi) is 4.54. The van der Waals surface area contributed by atoms with Gasteiger partial charge in [-0.25, -0.2) is 0 Å². The molecular weight excluding hydrogens is 318 g/mol. The number of benzene rings is 1. The van der Waals surface area contributed by atoms with Crippen LogP contribution in [0, 0.1) is 10.1 Å². The number of likely N-dealkylation sites (tertiary alicyclic amines) is 1. The van der Waals surface area contributed by atoms with Crippen molar-refractivity contribution >= 4 is 11.6 Å². The van der Waals surface area contributed by atoms with E-state index in [0.717, 1.165) is 0 Å². The maximum atomic E-state index is 12.6. The lowest BCUT2D eigenvalue weighted by Gasteiger charge is -2.43. The normalized spacial score (nSPS) is 17.8. The molecule has 1 aromatic rings. The second-order valence-corrected chi connectivity index (χ2v) is 5.79. The van der Waals surface area contributed by atoms with Gasteiger partial charge >= 0.3 is 0 Å². The van der Waals surface area contributed by atoms with E-state index < -0.39 is 4.92 Å². The molecule has 2 aliphatic heterocycles. The molecule has 0 unspecified atom stereocenters. The molecule has 0 atom stereocenters. The molecule has 2 heterocycles. The number of ether oxygens (including phenoxy) is 3. The van der Waals surface area contributed by atoms with E-state index in [-0.39, 0.29) is 34.7 Å². The highest BCUT2D eigenvalue weighted by atomic mass is 16.6. The maximum Gasteiger partial charge on any atom is 0.286 e. The van der Waals surface area contributed by atoms with Crippen molar-refractivity contribution in [3.63, 3.8) is 0 Å². The van der Waals surface area contributed by atoms with Crippen molar-refractivity contribution in [3.8, 4) is 11.5 Å². The summed E-state index contributed by atoms with van der Waals surface area (Å²) >= 11 is 0. The van der Waals surface area contributed by atoms with Crippen LogP contribution in [0.5, 0.6) is 11.5 Å². The third-order valence-electron chi connectivity index (χ3n) is 4.21. The van der Waals surface area contributed by atoms with Gasteiger partial charge in [-0.3, -0.25) is 14.9 Å². The van der Waals surface area contributed by atoms with Gasteiger partial charge in [0.1, 0.15) is 5.56 Å². The Hall–Kier alpha value is -2.39. The van der Waals surface area contributed by atoms with E-state index >= 15 is 0 Å². The topological polar surface area (TPSA) is 103 Å². The Morgan fingerprint density at radius 2 is 1.88 bits per heavy atom. The van der Waals surface area contributed by atoms with E-state index in [4.69, 9.17) is 14.2 Å². The monoisotopic (exact) mass is 337 g/mol. The quantitative estimate of drug-likeness (QED) is 0.593. The molecule has 9 heteroatoms. The molecule has 2 saturated heterocycles. The number of carbonyl (C=O) groups is 1. The van der Waals surface area contributed by atoms with Gasteiger partial charge in [0.05, 0.1) is 44.5 Å². The van der Waals surface area contributed by atoms with Gasteiger partial charge < -0.3 is 24.4 Å². The van der Waals surface area contributed by atoms with Crippen LogP contribution in [0.3, 0.4) is 0 Å². The average molecular weight is 337 g/mol. The molecule has 1 amide bonds. The highest BCUT2D eigenvalue weighted by molar-refractivity contribution is 5.99. The van der Waals surface area contributed by atoms with Crippen molar-refractivity contribution in [2.24, 2.45) is 0 Å². The van der Waals surface area contributed by atoms with E-state index in [2.05, 4.69) is 5.32 Å². The van der Waals surface area contributed by atoms with E-state index in [1.165, 1.54) is 26.4 Å². The summed E-state index contributed by atoms with van der Waals surface area (Å²) < 4.78 is 15.3. The van der Waals surface area contributed by atoms with Crippen LogP contribution in [0.2, 0.25) is 0 Å². The summed E-state index contributed by atoms with van der Waals surface area (Å²) in [4.78, 5) is 24.9. The zero-order chi connectivity index (χ0) is 17.3. The van der Waals surface area contributed by atoms with E-state index in [1.807, 2.05) is 0 Å². The van der Waals surface area contributed by atoms with Crippen molar-refractivity contribution < 1.29 is 23.9 Å². The standard InChI is InChI=1S/C15H19N3O6/c1-22-13-3-11(12(18(20)21)4-14(13)23-2)15(19)17-5-9(6-17)16-10-7-24-8-10/h3-4,9-10,16H,5-8H2,1-2H3. The summed E-state index contributed by atoms with van der Waals surface area (Å²) in [7, 11) is 2.81. The van der Waals surface area contributed by atoms with Crippen molar-refractivity contribution in [2.75, 3.05) is 40.5 Å². The van der Waals surface area contributed by atoms with Crippen molar-refractivity contribution in [1.82, 2.24) is 10.2 Å². The molecule has 1 aromatic carbocycles. The van der Waals surface area contributed by atoms with Gasteiger partial charge in [0, 0.05) is 25.2 Å². The molecule has 0 aliphatic carbocycles. The molecule has 2 fully saturated rings. The third-order valence-corrected chi connectivity index (χ3v) is 4.21. The fraction of sp³-hybridized carbons (Fsp3) is 0.533. The number of amides is 1. The van der Waals surface area contributed by atoms with Gasteiger partial charge in [0.2, 0.25) is 0 Å². The lowest BCUT2D eigenvalue weighted by Crippen LogP contribution is -2.64. The summed E-state index contributed by atoms with van der Waals surface area (Å²) in [5.74, 6) is 0.118. The molecule has 1 N–H and O–H groups in total. The van der Waals surface area contributed by atoms with Crippen molar-refractivity contribution in [2.45, 2.75) is 12.1 Å². The van der Waals surface area contributed by atoms with Gasteiger partial charge in [0.25, 0.3) is 11.6 Å². The van der Waals surface area contributed by atoms with Gasteiger partial charge in [0.15, 0.2) is 11.5 Å². The van der Waals surface area contributed by atoms with E-state index in [1.54, 1.807) is 4.90 Å². The average Bonchev–Trinajstić information content (AvgIpc) is 2.49. The Balaban J connectivity index is 1.75. The second-order valence-electron chi connectivity index (χ2n) is 5.79. The number of nitro benzene ring substituents is 1. The van der Waals surface area contributed by atoms with Crippen LogP contribution in [0.4, 0.5) is 5.69 Å². The first-order valence-corrected chi connectivity index (χ1v) is 7.57. The number of methoxy groups -OCH3 is 2. The lowest BCUT2D eigenvalue weighted by atomic mass is 10.0. The largest absolute Gasteiger partial charge is 0.493 e. The molecule has 0 bridgehead atoms. The lowest BCUT2D eigenvalue weighted by molar-refractivity contribution is -0.385. The summed E-state index contributed by atoms with van der Waals surface area (Å²) in [6.07, 6.45) is 0. The minimum Gasteiger partial charge on any atom is -0.493 e. The highest BCUT2D eigenvalue weighted by Crippen LogP contribution is 2.35. The number of nitro groups is 1. The minimum atomic E-state index is -0.587. The zero-order valence-corrected chi connectivity index (χ0v) is 13.5. The molecule has 2 aliphatic rings. The van der Waals surface area contributed by atoms with Crippen LogP contribution >= 0.6 is 0 Å². The fourth-order valence-corrected chi connectivity index (χ4v) is 2.78. The zero-order valence-electron chi connectivity index (χ0n) is 13.5. The molecule has 24 heavy (non-hydrogen) atoms. The SMILES string of the molecule is COc1cc(C(=O)N2CC(NC3COC3)C2)c([N+](=O)[O-])cc1OC. The minimum absolute atomic E-state index is 0.00285. The van der Waals surface area contributed by atoms with E-state index in [0.29, 0.717) is 32.3 Å². The fourth-order valence-electron chi connectivity index (χ4n) is 2.78. The number of rotatable bonds is 6. The molecule has 0 saturated carbocycles. The first-order valence-electron chi connectivity index (χ1n) is 7.57. The van der Waals surface area contributed by atoms with Crippen LogP contribution in [0.25, 0.3) is 0 Å². The molecule has 9 nitrogen and oxygen atoms in total. The molecule has 0 radical (unpaired) electrons. The van der Waals surface area contributed by atoms with E-state index in [9.17, 15) is 14.9 Å². The number of nitrogens with zero attached hydrogens (tertiary/aromatic N) is 2. The number of carbonyl (C=O) groups excluding carboxylic acids is 1. The summed E-state index contributed by atoms with van der Waals surface area (Å²) in [5, 5.41) is 14.7. The Morgan fingerprint density at radius 1 is 1.25 bits per heavy atom. The summed E-state index contributed by atoms with van der Waals surface area (Å²) in [5.41, 5.74) is -0.287. The van der Waals surface area contributed by atoms with Crippen LogP contribution in [-0.4, -0.2) is 68.3 Å². The molecule has 130 valence electrons. The molecule has 0 aromatic heterocycles. The smallest absolute Gasteiger partial charge is 0.286 e. The second kappa shape index (κ2) is 6.62. The number of hydrogen-bond acceptors (Lipinski definition) is 7. The van der Waals surface area contributed by atoms with Crippen molar-refractivity contribution in [3.05, 3.63) is 27.8 Å². The van der Waals surface area contributed by atoms with Gasteiger partial charge in [-0.1, -0.05) is 0 Å².